The molecule has 0 bridgehead atoms. The van der Waals surface area contributed by atoms with Crippen LogP contribution in [0, 0.1) is 27.7 Å². The predicted molar refractivity (Wildman–Crippen MR) is 650 cm³/mol. The molecule has 21 rings (SSSR count). The lowest BCUT2D eigenvalue weighted by molar-refractivity contribution is 0.794. The summed E-state index contributed by atoms with van der Waals surface area (Å²) in [6.45, 7) is 92.9. The molecule has 7 aliphatic rings. The molecule has 760 valence electrons. The van der Waals surface area contributed by atoms with Crippen LogP contribution < -0.4 is 20.9 Å². The smallest absolute Gasteiger partial charge is 0.0725 e. The standard InChI is InChI=1S/C25H16.C16H14.C15H14.C14H12.C13H10.C9H8.C5H8N2.20C2H6/c1-5-13-21-17(9-1)18-10-2-6-14-22(18)25(21)23-15-7-3-11-19(23)20-12-4-8-16-24(20)25;1-11-13-7-3-5-9-15(13)12(2)16-10-6-4-8-14(11)16;1-10-12-6-3-4-7-13(12)11(2)15-9-5-8-14(10)15;1-2-6-12-10-14-8-4-3-7-13(14)9-11(12)5-1;1-3-7-12-10(5-1)9-11-6-2-4-8-13(11)12;1-2-5-9-7-3-6-8(9)4-1;1-4-3-5(2)7-6-4;20*1-2/h1-16H;3-10H,1-2H3;3-4,6-9H,5H2,1-2H3;1-8H,9-10H2;1-8H,9H2;1-2,4-7H,3H2;3H2,1-2H3;20*1-2H3. The highest BCUT2D eigenvalue weighted by Gasteiger charge is 2.51. The first-order valence-corrected chi connectivity index (χ1v) is 55.2. The number of hydrogen-bond donors (Lipinski definition) is 0. The van der Waals surface area contributed by atoms with E-state index in [0.717, 1.165) is 49.9 Å². The van der Waals surface area contributed by atoms with Gasteiger partial charge in [-0.05, 0) is 238 Å². The van der Waals surface area contributed by atoms with E-state index in [1.165, 1.54) is 164 Å². The lowest BCUT2D eigenvalue weighted by atomic mass is 9.70. The fourth-order valence-corrected chi connectivity index (χ4v) is 16.4. The first kappa shape index (κ1) is 138. The van der Waals surface area contributed by atoms with E-state index in [1.807, 2.05) is 291 Å². The zero-order valence-corrected chi connectivity index (χ0v) is 97.7. The molecule has 0 atom stereocenters. The minimum atomic E-state index is -0.180. The second-order valence-corrected chi connectivity index (χ2v) is 27.0. The Morgan fingerprint density at radius 3 is 0.561 bits per heavy atom. The molecule has 0 N–H and O–H groups in total. The van der Waals surface area contributed by atoms with Crippen LogP contribution in [0.4, 0.5) is 0 Å². The van der Waals surface area contributed by atoms with Gasteiger partial charge in [-0.15, -0.1) is 0 Å². The molecule has 1 heterocycles. The quantitative estimate of drug-likeness (QED) is 0.135. The highest BCUT2D eigenvalue weighted by atomic mass is 15.2. The summed E-state index contributed by atoms with van der Waals surface area (Å²) in [4.78, 5) is 0. The molecule has 0 amide bonds. The van der Waals surface area contributed by atoms with Crippen molar-refractivity contribution >= 4 is 68.0 Å². The summed E-state index contributed by atoms with van der Waals surface area (Å²) in [5.74, 6) is 0. The van der Waals surface area contributed by atoms with Gasteiger partial charge in [0.15, 0.2) is 0 Å². The van der Waals surface area contributed by atoms with Crippen molar-refractivity contribution in [1.29, 1.82) is 0 Å². The molecule has 1 spiro atoms. The van der Waals surface area contributed by atoms with Crippen LogP contribution in [-0.4, -0.2) is 11.4 Å². The second-order valence-electron chi connectivity index (χ2n) is 27.0. The molecule has 0 unspecified atom stereocenters. The van der Waals surface area contributed by atoms with Crippen molar-refractivity contribution in [2.75, 3.05) is 0 Å². The van der Waals surface area contributed by atoms with Crippen molar-refractivity contribution in [3.05, 3.63) is 390 Å². The van der Waals surface area contributed by atoms with Gasteiger partial charge in [0.05, 0.1) is 5.41 Å². The molecule has 6 aliphatic carbocycles. The van der Waals surface area contributed by atoms with Crippen LogP contribution in [0.25, 0.3) is 90.0 Å². The van der Waals surface area contributed by atoms with Gasteiger partial charge in [0.1, 0.15) is 0 Å². The molecule has 14 aromatic rings. The molecule has 2 heteroatoms. The van der Waals surface area contributed by atoms with Crippen molar-refractivity contribution in [3.63, 3.8) is 0 Å². The van der Waals surface area contributed by atoms with E-state index in [4.69, 9.17) is 0 Å². The van der Waals surface area contributed by atoms with Crippen LogP contribution in [0.15, 0.2) is 301 Å². The van der Waals surface area contributed by atoms with E-state index in [1.54, 1.807) is 0 Å². The minimum Gasteiger partial charge on any atom is -0.160 e. The first-order chi connectivity index (χ1) is 68.6. The van der Waals surface area contributed by atoms with E-state index in [2.05, 4.69) is 353 Å². The lowest BCUT2D eigenvalue weighted by Gasteiger charge is -2.30. The Morgan fingerprint density at radius 2 is 0.338 bits per heavy atom. The highest BCUT2D eigenvalue weighted by Crippen LogP contribution is 2.62. The number of fused-ring (bicyclic) bond motifs is 20. The summed E-state index contributed by atoms with van der Waals surface area (Å²) in [6, 6.07) is 105. The molecule has 2 nitrogen and oxygen atoms in total. The van der Waals surface area contributed by atoms with Crippen LogP contribution >= 0.6 is 0 Å². The molecule has 0 saturated carbocycles. The SMILES string of the molecule is C1=c2ccccc2=CC1.CC.CC.CC.CC.CC.CC.CC.CC.CC.CC.CC.CC.CC.CC.CC.CC.CC.CC.CC.CC.CC1=NN=C(C)C1.Cc1c2c(c(C)c3ccccc13)=CCC=2.Cc1c2ccccc2c(C)c2ccccc12.c1ccc2c(c1)-c1ccccc1C21c2ccccc2-c2ccccc21.c1ccc2c(c1)Cc1ccccc1-2.c1ccc2c(c1)Cc1ccccc1C2. The maximum Gasteiger partial charge on any atom is 0.0725 e. The van der Waals surface area contributed by atoms with Crippen molar-refractivity contribution in [1.82, 2.24) is 0 Å². The van der Waals surface area contributed by atoms with Gasteiger partial charge < -0.3 is 0 Å². The molecular weight excluding hydrogens is 1670 g/mol. The van der Waals surface area contributed by atoms with Gasteiger partial charge in [0.2, 0.25) is 0 Å². The van der Waals surface area contributed by atoms with Gasteiger partial charge in [-0.1, -0.05) is 592 Å². The zero-order chi connectivity index (χ0) is 107. The number of aryl methyl sites for hydroxylation is 4. The summed E-state index contributed by atoms with van der Waals surface area (Å²) < 4.78 is 0. The van der Waals surface area contributed by atoms with Gasteiger partial charge in [0, 0.05) is 17.8 Å². The zero-order valence-electron chi connectivity index (χ0n) is 97.7. The van der Waals surface area contributed by atoms with Gasteiger partial charge >= 0.3 is 0 Å². The molecule has 1 aliphatic heterocycles. The number of benzene rings is 14. The maximum atomic E-state index is 3.82. The summed E-state index contributed by atoms with van der Waals surface area (Å²) in [6.07, 6.45) is 15.6. The third-order valence-electron chi connectivity index (χ3n) is 21.1. The van der Waals surface area contributed by atoms with Gasteiger partial charge in [-0.2, -0.15) is 10.2 Å². The van der Waals surface area contributed by atoms with Crippen LogP contribution in [-0.2, 0) is 24.7 Å². The van der Waals surface area contributed by atoms with Crippen LogP contribution in [0.1, 0.15) is 388 Å². The molecular formula is C137H202N2. The van der Waals surface area contributed by atoms with Gasteiger partial charge in [-0.3, -0.25) is 0 Å². The average molecular weight is 1880 g/mol. The Labute approximate surface area is 858 Å². The molecule has 139 heavy (non-hydrogen) atoms. The summed E-state index contributed by atoms with van der Waals surface area (Å²) in [5, 5.41) is 21.6. The summed E-state index contributed by atoms with van der Waals surface area (Å²) in [7, 11) is 0. The Bertz CT molecular complexity index is 5240. The minimum absolute atomic E-state index is 0.180. The summed E-state index contributed by atoms with van der Waals surface area (Å²) in [5.41, 5.74) is 30.5. The van der Waals surface area contributed by atoms with Crippen molar-refractivity contribution in [2.24, 2.45) is 10.2 Å². The average Bonchev–Trinajstić information content (AvgIpc) is 1.51. The van der Waals surface area contributed by atoms with Gasteiger partial charge in [0.25, 0.3) is 0 Å². The van der Waals surface area contributed by atoms with E-state index >= 15 is 0 Å². The molecule has 0 fully saturated rings. The topological polar surface area (TPSA) is 24.7 Å². The Morgan fingerprint density at radius 1 is 0.165 bits per heavy atom. The molecule has 0 saturated heterocycles. The third kappa shape index (κ3) is 38.7. The highest BCUT2D eigenvalue weighted by molar-refractivity contribution is 6.06. The fourth-order valence-electron chi connectivity index (χ4n) is 16.4. The normalized spacial score (nSPS) is 10.6. The first-order valence-electron chi connectivity index (χ1n) is 55.2. The fraction of sp³-hybridized carbons (Fsp3) is 0.387. The molecule has 14 aromatic carbocycles. The number of rotatable bonds is 0. The van der Waals surface area contributed by atoms with Crippen molar-refractivity contribution < 1.29 is 0 Å². The van der Waals surface area contributed by atoms with Crippen molar-refractivity contribution in [3.8, 4) is 33.4 Å². The predicted octanol–water partition coefficient (Wildman–Crippen LogP) is 41.9. The maximum absolute atomic E-state index is 3.82. The largest absolute Gasteiger partial charge is 0.160 e. The van der Waals surface area contributed by atoms with E-state index in [9.17, 15) is 0 Å². The van der Waals surface area contributed by atoms with E-state index in [0.29, 0.717) is 0 Å². The van der Waals surface area contributed by atoms with Crippen LogP contribution in [0.5, 0.6) is 0 Å². The Kier molecular flexibility index (Phi) is 87.7. The second kappa shape index (κ2) is 88.1. The van der Waals surface area contributed by atoms with E-state index in [-0.39, 0.29) is 5.41 Å². The number of hydrogen-bond acceptors (Lipinski definition) is 2. The monoisotopic (exact) mass is 1880 g/mol. The number of nitrogens with zero attached hydrogens (tertiary/aromatic N) is 2. The van der Waals surface area contributed by atoms with Crippen molar-refractivity contribution in [2.45, 2.75) is 362 Å². The van der Waals surface area contributed by atoms with Crippen LogP contribution in [0.3, 0.4) is 0 Å². The summed E-state index contributed by atoms with van der Waals surface area (Å²) >= 11 is 0. The van der Waals surface area contributed by atoms with Crippen LogP contribution in [0.2, 0.25) is 0 Å². The van der Waals surface area contributed by atoms with Gasteiger partial charge in [-0.25, -0.2) is 0 Å². The molecule has 0 radical (unpaired) electrons. The molecule has 0 aromatic heterocycles. The Hall–Kier alpha value is -11.3. The Balaban J connectivity index is -0.000000356. The lowest BCUT2D eigenvalue weighted by Crippen LogP contribution is -2.27. The third-order valence-corrected chi connectivity index (χ3v) is 21.1. The van der Waals surface area contributed by atoms with E-state index < -0.39 is 0 Å².